The molecule has 8 heteroatoms. The number of hydrogen-bond donors (Lipinski definition) is 1. The van der Waals surface area contributed by atoms with Crippen LogP contribution in [0.4, 0.5) is 0 Å². The number of amides is 1. The van der Waals surface area contributed by atoms with Crippen molar-refractivity contribution >= 4 is 17.7 Å². The SMILES string of the molecule is O=C1NCCCCC1Sc1nnnn1Cc1ccco1. The molecule has 106 valence electrons. The largest absolute Gasteiger partial charge is 0.467 e. The van der Waals surface area contributed by atoms with E-state index in [0.29, 0.717) is 11.7 Å². The Balaban J connectivity index is 1.71. The van der Waals surface area contributed by atoms with Crippen LogP contribution in [0, 0.1) is 0 Å². The molecule has 1 atom stereocenters. The minimum atomic E-state index is -0.126. The van der Waals surface area contributed by atoms with Crippen LogP contribution in [0.1, 0.15) is 25.0 Å². The molecule has 2 aromatic rings. The molecule has 0 spiro atoms. The summed E-state index contributed by atoms with van der Waals surface area (Å²) in [6.07, 6.45) is 4.53. The Labute approximate surface area is 120 Å². The van der Waals surface area contributed by atoms with Crippen LogP contribution in [-0.4, -0.2) is 37.9 Å². The number of carbonyl (C=O) groups excluding carboxylic acids is 1. The highest BCUT2D eigenvalue weighted by Crippen LogP contribution is 2.26. The summed E-state index contributed by atoms with van der Waals surface area (Å²) in [5.41, 5.74) is 0. The van der Waals surface area contributed by atoms with Gasteiger partial charge in [0.05, 0.1) is 11.5 Å². The first-order chi connectivity index (χ1) is 9.83. The molecule has 1 aliphatic rings. The summed E-state index contributed by atoms with van der Waals surface area (Å²) < 4.78 is 6.94. The number of nitrogens with zero attached hydrogens (tertiary/aromatic N) is 4. The second kappa shape index (κ2) is 6.08. The summed E-state index contributed by atoms with van der Waals surface area (Å²) in [5, 5.41) is 15.1. The maximum atomic E-state index is 11.9. The van der Waals surface area contributed by atoms with Crippen LogP contribution in [0.5, 0.6) is 0 Å². The summed E-state index contributed by atoms with van der Waals surface area (Å²) >= 11 is 1.41. The topological polar surface area (TPSA) is 85.8 Å². The Morgan fingerprint density at radius 3 is 3.30 bits per heavy atom. The highest BCUT2D eigenvalue weighted by Gasteiger charge is 2.24. The van der Waals surface area contributed by atoms with E-state index in [0.717, 1.165) is 31.6 Å². The van der Waals surface area contributed by atoms with Gasteiger partial charge in [0.15, 0.2) is 0 Å². The zero-order valence-corrected chi connectivity index (χ0v) is 11.7. The van der Waals surface area contributed by atoms with Gasteiger partial charge in [-0.05, 0) is 35.4 Å². The van der Waals surface area contributed by atoms with Crippen molar-refractivity contribution in [2.24, 2.45) is 0 Å². The molecule has 3 heterocycles. The number of tetrazole rings is 1. The lowest BCUT2D eigenvalue weighted by atomic mass is 10.2. The summed E-state index contributed by atoms with van der Waals surface area (Å²) in [7, 11) is 0. The number of furan rings is 1. The van der Waals surface area contributed by atoms with Gasteiger partial charge in [-0.15, -0.1) is 5.10 Å². The van der Waals surface area contributed by atoms with Crippen LogP contribution in [0.15, 0.2) is 28.0 Å². The fourth-order valence-electron chi connectivity index (χ4n) is 2.08. The summed E-state index contributed by atoms with van der Waals surface area (Å²) in [5.74, 6) is 0.851. The van der Waals surface area contributed by atoms with Gasteiger partial charge in [0.1, 0.15) is 12.3 Å². The van der Waals surface area contributed by atoms with Crippen LogP contribution < -0.4 is 5.32 Å². The van der Waals surface area contributed by atoms with Crippen LogP contribution in [0.25, 0.3) is 0 Å². The van der Waals surface area contributed by atoms with E-state index in [1.807, 2.05) is 12.1 Å². The maximum absolute atomic E-state index is 11.9. The molecular formula is C12H15N5O2S. The molecule has 1 saturated heterocycles. The van der Waals surface area contributed by atoms with Gasteiger partial charge in [-0.1, -0.05) is 18.2 Å². The number of rotatable bonds is 4. The van der Waals surface area contributed by atoms with E-state index in [9.17, 15) is 4.79 Å². The molecule has 2 aromatic heterocycles. The molecule has 1 aliphatic heterocycles. The van der Waals surface area contributed by atoms with Crippen LogP contribution in [0.3, 0.4) is 0 Å². The Morgan fingerprint density at radius 2 is 2.45 bits per heavy atom. The monoisotopic (exact) mass is 293 g/mol. The van der Waals surface area contributed by atoms with Crippen molar-refractivity contribution < 1.29 is 9.21 Å². The van der Waals surface area contributed by atoms with Gasteiger partial charge in [0.25, 0.3) is 0 Å². The molecule has 20 heavy (non-hydrogen) atoms. The average molecular weight is 293 g/mol. The fourth-order valence-corrected chi connectivity index (χ4v) is 3.12. The van der Waals surface area contributed by atoms with Crippen molar-refractivity contribution in [3.05, 3.63) is 24.2 Å². The summed E-state index contributed by atoms with van der Waals surface area (Å²) in [4.78, 5) is 11.9. The van der Waals surface area contributed by atoms with Crippen LogP contribution in [-0.2, 0) is 11.3 Å². The first kappa shape index (κ1) is 13.2. The van der Waals surface area contributed by atoms with Gasteiger partial charge < -0.3 is 9.73 Å². The Morgan fingerprint density at radius 1 is 1.50 bits per heavy atom. The summed E-state index contributed by atoms with van der Waals surface area (Å²) in [6.45, 7) is 1.23. The van der Waals surface area contributed by atoms with E-state index in [1.54, 1.807) is 10.9 Å². The third-order valence-electron chi connectivity index (χ3n) is 3.12. The second-order valence-corrected chi connectivity index (χ2v) is 5.76. The van der Waals surface area contributed by atoms with E-state index >= 15 is 0 Å². The van der Waals surface area contributed by atoms with Gasteiger partial charge >= 0.3 is 0 Å². The zero-order chi connectivity index (χ0) is 13.8. The smallest absolute Gasteiger partial charge is 0.233 e. The van der Waals surface area contributed by atoms with Gasteiger partial charge in [-0.3, -0.25) is 4.79 Å². The Hall–Kier alpha value is -1.83. The predicted octanol–water partition coefficient (Wildman–Crippen LogP) is 1.08. The van der Waals surface area contributed by atoms with E-state index in [1.165, 1.54) is 11.8 Å². The molecular weight excluding hydrogens is 278 g/mol. The third kappa shape index (κ3) is 3.01. The number of nitrogens with one attached hydrogen (secondary N) is 1. The van der Waals surface area contributed by atoms with E-state index in [2.05, 4.69) is 20.8 Å². The number of carbonyl (C=O) groups is 1. The van der Waals surface area contributed by atoms with Gasteiger partial charge in [0.2, 0.25) is 11.1 Å². The normalized spacial score (nSPS) is 19.6. The van der Waals surface area contributed by atoms with Gasteiger partial charge in [0, 0.05) is 6.54 Å². The molecule has 1 N–H and O–H groups in total. The molecule has 0 bridgehead atoms. The minimum absolute atomic E-state index is 0.0695. The van der Waals surface area contributed by atoms with Crippen molar-refractivity contribution in [2.75, 3.05) is 6.54 Å². The lowest BCUT2D eigenvalue weighted by molar-refractivity contribution is -0.120. The van der Waals surface area contributed by atoms with E-state index in [4.69, 9.17) is 4.42 Å². The van der Waals surface area contributed by atoms with E-state index < -0.39 is 0 Å². The average Bonchev–Trinajstić information content (AvgIpc) is 3.05. The lowest BCUT2D eigenvalue weighted by Crippen LogP contribution is -2.30. The van der Waals surface area contributed by atoms with Crippen molar-refractivity contribution in [3.8, 4) is 0 Å². The Bertz CT molecular complexity index is 568. The molecule has 1 amide bonds. The second-order valence-electron chi connectivity index (χ2n) is 4.59. The lowest BCUT2D eigenvalue weighted by Gasteiger charge is -2.11. The van der Waals surface area contributed by atoms with Crippen LogP contribution in [0.2, 0.25) is 0 Å². The number of hydrogen-bond acceptors (Lipinski definition) is 6. The first-order valence-corrected chi connectivity index (χ1v) is 7.44. The summed E-state index contributed by atoms with van der Waals surface area (Å²) in [6, 6.07) is 3.69. The minimum Gasteiger partial charge on any atom is -0.467 e. The highest BCUT2D eigenvalue weighted by molar-refractivity contribution is 8.00. The molecule has 7 nitrogen and oxygen atoms in total. The molecule has 0 saturated carbocycles. The van der Waals surface area contributed by atoms with Crippen molar-refractivity contribution in [1.29, 1.82) is 0 Å². The Kier molecular flexibility index (Phi) is 4.00. The van der Waals surface area contributed by atoms with Crippen molar-refractivity contribution in [1.82, 2.24) is 25.5 Å². The van der Waals surface area contributed by atoms with Crippen LogP contribution >= 0.6 is 11.8 Å². The van der Waals surface area contributed by atoms with Crippen molar-refractivity contribution in [2.45, 2.75) is 36.2 Å². The standard InChI is InChI=1S/C12H15N5O2S/c18-11-10(5-1-2-6-13-11)20-12-14-15-16-17(12)8-9-4-3-7-19-9/h3-4,7,10H,1-2,5-6,8H2,(H,13,18). The third-order valence-corrected chi connectivity index (χ3v) is 4.35. The fraction of sp³-hybridized carbons (Fsp3) is 0.500. The molecule has 1 fully saturated rings. The molecule has 0 radical (unpaired) electrons. The van der Waals surface area contributed by atoms with Crippen molar-refractivity contribution in [3.63, 3.8) is 0 Å². The van der Waals surface area contributed by atoms with E-state index in [-0.39, 0.29) is 11.2 Å². The zero-order valence-electron chi connectivity index (χ0n) is 10.9. The van der Waals surface area contributed by atoms with Gasteiger partial charge in [-0.25, -0.2) is 4.68 Å². The van der Waals surface area contributed by atoms with Gasteiger partial charge in [-0.2, -0.15) is 0 Å². The molecule has 1 unspecified atom stereocenters. The molecule has 0 aromatic carbocycles. The maximum Gasteiger partial charge on any atom is 0.233 e. The molecule has 3 rings (SSSR count). The first-order valence-electron chi connectivity index (χ1n) is 6.56. The quantitative estimate of drug-likeness (QED) is 0.907. The molecule has 0 aliphatic carbocycles. The predicted molar refractivity (Wildman–Crippen MR) is 72.1 cm³/mol. The number of thioether (sulfide) groups is 1. The number of aromatic nitrogens is 4. The highest BCUT2D eigenvalue weighted by atomic mass is 32.2.